The predicted octanol–water partition coefficient (Wildman–Crippen LogP) is 0.250. The summed E-state index contributed by atoms with van der Waals surface area (Å²) in [7, 11) is -2.74. The Morgan fingerprint density at radius 2 is 2.16 bits per heavy atom. The molecule has 3 rings (SSSR count). The molecule has 2 aliphatic rings. The van der Waals surface area contributed by atoms with Gasteiger partial charge in [0.05, 0.1) is 7.11 Å². The molecule has 2 aliphatic heterocycles. The molecule has 0 aliphatic carbocycles. The zero-order valence-electron chi connectivity index (χ0n) is 9.89. The molecule has 19 heavy (non-hydrogen) atoms. The number of fused-ring (bicyclic) bond motifs is 3. The van der Waals surface area contributed by atoms with E-state index in [-0.39, 0.29) is 5.75 Å². The molecule has 0 aromatic heterocycles. The van der Waals surface area contributed by atoms with Crippen LogP contribution < -0.4 is 4.18 Å². The number of carbonyl (C=O) groups is 1. The molecule has 8 heteroatoms. The second-order valence-corrected chi connectivity index (χ2v) is 5.53. The summed E-state index contributed by atoms with van der Waals surface area (Å²) in [5.41, 5.74) is 0.588. The van der Waals surface area contributed by atoms with Crippen LogP contribution in [0.3, 0.4) is 0 Å². The number of aliphatic imine (C=N–C) groups is 1. The number of para-hydroxylation sites is 1. The Hall–Kier alpha value is -2.09. The zero-order chi connectivity index (χ0) is 13.6. The van der Waals surface area contributed by atoms with Gasteiger partial charge in [-0.15, -0.1) is 0 Å². The molecule has 0 amide bonds. The highest BCUT2D eigenvalue weighted by molar-refractivity contribution is 7.85. The first-order valence-corrected chi connectivity index (χ1v) is 6.84. The van der Waals surface area contributed by atoms with Crippen LogP contribution in [0.15, 0.2) is 29.3 Å². The fraction of sp³-hybridized carbons (Fsp3) is 0.273. The van der Waals surface area contributed by atoms with Crippen LogP contribution in [0, 0.1) is 0 Å². The lowest BCUT2D eigenvalue weighted by Crippen LogP contribution is -2.42. The summed E-state index contributed by atoms with van der Waals surface area (Å²) in [6.07, 6.45) is 1.09. The second kappa shape index (κ2) is 3.95. The van der Waals surface area contributed by atoms with E-state index in [2.05, 4.69) is 9.73 Å². The van der Waals surface area contributed by atoms with Gasteiger partial charge in [0.2, 0.25) is 0 Å². The highest BCUT2D eigenvalue weighted by Crippen LogP contribution is 2.42. The SMILES string of the molecule is COC(=O)[C@@H]1N=CN2[C@H]1c1ccccc1OS2(=O)=O. The molecule has 1 aromatic carbocycles. The summed E-state index contributed by atoms with van der Waals surface area (Å²) in [6.45, 7) is 0. The molecule has 2 heterocycles. The maximum Gasteiger partial charge on any atom is 0.411 e. The lowest BCUT2D eigenvalue weighted by atomic mass is 10.00. The van der Waals surface area contributed by atoms with E-state index in [0.29, 0.717) is 5.56 Å². The Labute approximate surface area is 109 Å². The Kier molecular flexibility index (Phi) is 2.49. The van der Waals surface area contributed by atoms with E-state index in [1.807, 2.05) is 0 Å². The van der Waals surface area contributed by atoms with Gasteiger partial charge in [0.15, 0.2) is 6.04 Å². The van der Waals surface area contributed by atoms with Crippen LogP contribution in [0.2, 0.25) is 0 Å². The number of ether oxygens (including phenoxy) is 1. The van der Waals surface area contributed by atoms with Gasteiger partial charge < -0.3 is 8.92 Å². The van der Waals surface area contributed by atoms with Crippen molar-refractivity contribution in [3.05, 3.63) is 29.8 Å². The van der Waals surface area contributed by atoms with Crippen molar-refractivity contribution in [2.24, 2.45) is 4.99 Å². The minimum atomic E-state index is -3.97. The number of nitrogens with zero attached hydrogens (tertiary/aromatic N) is 2. The first-order chi connectivity index (χ1) is 9.04. The van der Waals surface area contributed by atoms with Crippen LogP contribution in [0.5, 0.6) is 5.75 Å². The first kappa shape index (κ1) is 12.0. The lowest BCUT2D eigenvalue weighted by Gasteiger charge is -2.31. The average molecular weight is 282 g/mol. The third-order valence-corrected chi connectivity index (χ3v) is 4.28. The van der Waals surface area contributed by atoms with Crippen LogP contribution in [0.25, 0.3) is 0 Å². The normalized spacial score (nSPS) is 26.3. The molecule has 2 atom stereocenters. The smallest absolute Gasteiger partial charge is 0.411 e. The van der Waals surface area contributed by atoms with E-state index in [1.54, 1.807) is 18.2 Å². The van der Waals surface area contributed by atoms with E-state index in [9.17, 15) is 13.2 Å². The van der Waals surface area contributed by atoms with Crippen molar-refractivity contribution in [3.8, 4) is 5.75 Å². The summed E-state index contributed by atoms with van der Waals surface area (Å²) < 4.78 is 34.4. The molecular formula is C11H10N2O5S. The number of carbonyl (C=O) groups excluding carboxylic acids is 1. The molecule has 0 radical (unpaired) electrons. The van der Waals surface area contributed by atoms with Crippen LogP contribution in [-0.2, 0) is 19.8 Å². The first-order valence-electron chi connectivity index (χ1n) is 5.47. The topological polar surface area (TPSA) is 85.3 Å². The van der Waals surface area contributed by atoms with Crippen LogP contribution in [-0.4, -0.2) is 38.2 Å². The molecule has 0 unspecified atom stereocenters. The monoisotopic (exact) mass is 282 g/mol. The molecule has 0 saturated heterocycles. The highest BCUT2D eigenvalue weighted by Gasteiger charge is 2.48. The van der Waals surface area contributed by atoms with Gasteiger partial charge in [-0.2, -0.15) is 8.42 Å². The van der Waals surface area contributed by atoms with Gasteiger partial charge >= 0.3 is 16.3 Å². The van der Waals surface area contributed by atoms with Crippen molar-refractivity contribution in [2.45, 2.75) is 12.1 Å². The summed E-state index contributed by atoms with van der Waals surface area (Å²) >= 11 is 0. The summed E-state index contributed by atoms with van der Waals surface area (Å²) in [6, 6.07) is 4.98. The minimum Gasteiger partial charge on any atom is -0.467 e. The van der Waals surface area contributed by atoms with Gasteiger partial charge in [0, 0.05) is 5.56 Å². The van der Waals surface area contributed by atoms with Crippen molar-refractivity contribution in [1.82, 2.24) is 4.31 Å². The molecular weight excluding hydrogens is 272 g/mol. The van der Waals surface area contributed by atoms with Gasteiger partial charge in [0.1, 0.15) is 18.1 Å². The van der Waals surface area contributed by atoms with Crippen molar-refractivity contribution >= 4 is 22.6 Å². The van der Waals surface area contributed by atoms with Gasteiger partial charge in [-0.25, -0.2) is 9.10 Å². The van der Waals surface area contributed by atoms with Crippen LogP contribution in [0.4, 0.5) is 0 Å². The van der Waals surface area contributed by atoms with Crippen molar-refractivity contribution < 1.29 is 22.1 Å². The third kappa shape index (κ3) is 1.67. The summed E-state index contributed by atoms with van der Waals surface area (Å²) in [5, 5.41) is 0. The summed E-state index contributed by atoms with van der Waals surface area (Å²) in [5.74, 6) is -0.376. The summed E-state index contributed by atoms with van der Waals surface area (Å²) in [4.78, 5) is 15.6. The van der Waals surface area contributed by atoms with E-state index >= 15 is 0 Å². The number of methoxy groups -OCH3 is 1. The van der Waals surface area contributed by atoms with Crippen molar-refractivity contribution in [2.75, 3.05) is 7.11 Å². The van der Waals surface area contributed by atoms with Gasteiger partial charge in [-0.3, -0.25) is 4.99 Å². The van der Waals surface area contributed by atoms with Gasteiger partial charge in [-0.05, 0) is 6.07 Å². The van der Waals surface area contributed by atoms with Gasteiger partial charge in [-0.1, -0.05) is 18.2 Å². The van der Waals surface area contributed by atoms with E-state index < -0.39 is 28.4 Å². The van der Waals surface area contributed by atoms with E-state index in [1.165, 1.54) is 13.2 Å². The molecule has 0 fully saturated rings. The molecule has 0 bridgehead atoms. The quantitative estimate of drug-likeness (QED) is 0.689. The fourth-order valence-corrected chi connectivity index (χ4v) is 3.34. The Bertz CT molecular complexity index is 669. The molecule has 7 nitrogen and oxygen atoms in total. The standard InChI is InChI=1S/C11H10N2O5S/c1-17-11(14)9-10-7-4-2-3-5-8(7)18-19(15,16)13(10)6-12-9/h2-6,9-10H,1H3/t9-,10+/m1/s1. The third-order valence-electron chi connectivity index (χ3n) is 3.05. The zero-order valence-corrected chi connectivity index (χ0v) is 10.7. The predicted molar refractivity (Wildman–Crippen MR) is 64.9 cm³/mol. The van der Waals surface area contributed by atoms with E-state index in [0.717, 1.165) is 10.6 Å². The Morgan fingerprint density at radius 3 is 2.89 bits per heavy atom. The average Bonchev–Trinajstić information content (AvgIpc) is 2.83. The highest BCUT2D eigenvalue weighted by atomic mass is 32.2. The second-order valence-electron chi connectivity index (χ2n) is 4.09. The number of esters is 1. The maximum absolute atomic E-state index is 11.9. The Morgan fingerprint density at radius 1 is 1.42 bits per heavy atom. The molecule has 0 spiro atoms. The largest absolute Gasteiger partial charge is 0.467 e. The minimum absolute atomic E-state index is 0.211. The number of rotatable bonds is 1. The molecule has 0 saturated carbocycles. The Balaban J connectivity index is 2.15. The molecule has 1 aromatic rings. The van der Waals surface area contributed by atoms with Crippen molar-refractivity contribution in [3.63, 3.8) is 0 Å². The lowest BCUT2D eigenvalue weighted by molar-refractivity contribution is -0.142. The van der Waals surface area contributed by atoms with Gasteiger partial charge in [0.25, 0.3) is 0 Å². The molecule has 100 valence electrons. The van der Waals surface area contributed by atoms with Crippen molar-refractivity contribution in [1.29, 1.82) is 0 Å². The number of hydrogen-bond acceptors (Lipinski definition) is 6. The molecule has 0 N–H and O–H groups in total. The maximum atomic E-state index is 11.9. The van der Waals surface area contributed by atoms with Crippen LogP contribution in [0.1, 0.15) is 11.6 Å². The number of hydrogen-bond donors (Lipinski definition) is 0. The van der Waals surface area contributed by atoms with Crippen LogP contribution >= 0.6 is 0 Å². The number of benzene rings is 1. The fourth-order valence-electron chi connectivity index (χ4n) is 2.20. The van der Waals surface area contributed by atoms with E-state index in [4.69, 9.17) is 4.18 Å².